The average Bonchev–Trinajstić information content (AvgIpc) is 2.14. The minimum atomic E-state index is 0.521. The van der Waals surface area contributed by atoms with E-state index < -0.39 is 0 Å². The van der Waals surface area contributed by atoms with Gasteiger partial charge >= 0.3 is 0 Å². The van der Waals surface area contributed by atoms with Gasteiger partial charge in [0, 0.05) is 0 Å². The zero-order chi connectivity index (χ0) is 9.31. The summed E-state index contributed by atoms with van der Waals surface area (Å²) in [6.45, 7) is 5.68. The molecule has 0 radical (unpaired) electrons. The van der Waals surface area contributed by atoms with E-state index in [1.54, 1.807) is 0 Å². The average molecular weight is 182 g/mol. The summed E-state index contributed by atoms with van der Waals surface area (Å²) in [5.74, 6) is 1.79. The Morgan fingerprint density at radius 3 is 2.69 bits per heavy atom. The van der Waals surface area contributed by atoms with Crippen molar-refractivity contribution in [1.29, 1.82) is 0 Å². The van der Waals surface area contributed by atoms with Crippen molar-refractivity contribution in [1.82, 2.24) is 5.32 Å². The zero-order valence-electron chi connectivity index (χ0n) is 8.68. The molecule has 1 saturated carbocycles. The van der Waals surface area contributed by atoms with Gasteiger partial charge in [0.2, 0.25) is 0 Å². The molecule has 0 amide bonds. The predicted molar refractivity (Wildman–Crippen MR) is 55.5 cm³/mol. The summed E-state index contributed by atoms with van der Waals surface area (Å²) in [4.78, 5) is 0. The first kappa shape index (κ1) is 9.47. The van der Waals surface area contributed by atoms with E-state index in [9.17, 15) is 0 Å². The molecule has 1 unspecified atom stereocenters. The number of nitrogens with one attached hydrogen (secondary N) is 1. The number of hydrogen-bond donors (Lipinski definition) is 2. The quantitative estimate of drug-likeness (QED) is 0.677. The lowest BCUT2D eigenvalue weighted by Crippen LogP contribution is -2.52. The summed E-state index contributed by atoms with van der Waals surface area (Å²) in [5.41, 5.74) is 6.45. The molecule has 1 heterocycles. The van der Waals surface area contributed by atoms with Crippen LogP contribution in [-0.4, -0.2) is 19.6 Å². The standard InChI is InChI=1S/C11H22N2/c1-9-5-11(6-9,8-12)10-3-2-4-13-7-10/h9-10,13H,2-8,12H2,1H3. The summed E-state index contributed by atoms with van der Waals surface area (Å²) < 4.78 is 0. The highest BCUT2D eigenvalue weighted by atomic mass is 14.9. The highest BCUT2D eigenvalue weighted by Crippen LogP contribution is 2.51. The minimum Gasteiger partial charge on any atom is -0.330 e. The zero-order valence-corrected chi connectivity index (χ0v) is 8.68. The second-order valence-corrected chi connectivity index (χ2v) is 5.12. The molecule has 2 fully saturated rings. The molecule has 3 N–H and O–H groups in total. The molecule has 2 heteroatoms. The summed E-state index contributed by atoms with van der Waals surface area (Å²) in [5, 5.41) is 3.50. The molecule has 1 aliphatic heterocycles. The van der Waals surface area contributed by atoms with Crippen molar-refractivity contribution in [2.24, 2.45) is 23.0 Å². The first-order chi connectivity index (χ1) is 6.27. The summed E-state index contributed by atoms with van der Waals surface area (Å²) >= 11 is 0. The van der Waals surface area contributed by atoms with Crippen LogP contribution in [0.3, 0.4) is 0 Å². The third kappa shape index (κ3) is 1.62. The van der Waals surface area contributed by atoms with Crippen LogP contribution in [0.15, 0.2) is 0 Å². The molecule has 1 atom stereocenters. The third-order valence-electron chi connectivity index (χ3n) is 4.08. The number of hydrogen-bond acceptors (Lipinski definition) is 2. The van der Waals surface area contributed by atoms with Crippen molar-refractivity contribution in [2.75, 3.05) is 19.6 Å². The van der Waals surface area contributed by atoms with E-state index in [-0.39, 0.29) is 0 Å². The van der Waals surface area contributed by atoms with E-state index in [1.165, 1.54) is 38.8 Å². The Morgan fingerprint density at radius 1 is 1.46 bits per heavy atom. The van der Waals surface area contributed by atoms with E-state index in [1.807, 2.05) is 0 Å². The van der Waals surface area contributed by atoms with Gasteiger partial charge in [-0.1, -0.05) is 6.92 Å². The van der Waals surface area contributed by atoms with E-state index in [0.29, 0.717) is 5.41 Å². The van der Waals surface area contributed by atoms with Crippen molar-refractivity contribution in [2.45, 2.75) is 32.6 Å². The molecule has 2 nitrogen and oxygen atoms in total. The van der Waals surface area contributed by atoms with Crippen LogP contribution in [0.4, 0.5) is 0 Å². The topological polar surface area (TPSA) is 38.0 Å². The van der Waals surface area contributed by atoms with Crippen LogP contribution >= 0.6 is 0 Å². The second kappa shape index (κ2) is 3.58. The Kier molecular flexibility index (Phi) is 2.61. The Labute approximate surface area is 81.3 Å². The molecular formula is C11H22N2. The van der Waals surface area contributed by atoms with Gasteiger partial charge in [-0.3, -0.25) is 0 Å². The van der Waals surface area contributed by atoms with Crippen LogP contribution < -0.4 is 11.1 Å². The fraction of sp³-hybridized carbons (Fsp3) is 1.00. The maximum absolute atomic E-state index is 5.93. The van der Waals surface area contributed by atoms with Crippen molar-refractivity contribution < 1.29 is 0 Å². The predicted octanol–water partition coefficient (Wildman–Crippen LogP) is 1.36. The van der Waals surface area contributed by atoms with E-state index in [2.05, 4.69) is 12.2 Å². The first-order valence-electron chi connectivity index (χ1n) is 5.68. The Morgan fingerprint density at radius 2 is 2.23 bits per heavy atom. The smallest absolute Gasteiger partial charge is 0.00147 e. The lowest BCUT2D eigenvalue weighted by Gasteiger charge is -2.52. The SMILES string of the molecule is CC1CC(CN)(C2CCCNC2)C1. The van der Waals surface area contributed by atoms with Crippen LogP contribution in [0.25, 0.3) is 0 Å². The fourth-order valence-corrected chi connectivity index (χ4v) is 3.37. The van der Waals surface area contributed by atoms with Crippen LogP contribution in [0.5, 0.6) is 0 Å². The molecule has 0 aromatic carbocycles. The Bertz CT molecular complexity index is 167. The normalized spacial score (nSPS) is 45.7. The molecule has 13 heavy (non-hydrogen) atoms. The molecule has 1 saturated heterocycles. The fourth-order valence-electron chi connectivity index (χ4n) is 3.37. The lowest BCUT2D eigenvalue weighted by atomic mass is 9.55. The Hall–Kier alpha value is -0.0800. The molecule has 0 aromatic rings. The van der Waals surface area contributed by atoms with Gasteiger partial charge in [0.15, 0.2) is 0 Å². The van der Waals surface area contributed by atoms with Crippen molar-refractivity contribution >= 4 is 0 Å². The summed E-state index contributed by atoms with van der Waals surface area (Å²) in [6, 6.07) is 0. The van der Waals surface area contributed by atoms with Gasteiger partial charge in [0.05, 0.1) is 0 Å². The summed E-state index contributed by atoms with van der Waals surface area (Å²) in [6.07, 6.45) is 5.49. The highest BCUT2D eigenvalue weighted by molar-refractivity contribution is 4.98. The van der Waals surface area contributed by atoms with Gasteiger partial charge in [-0.2, -0.15) is 0 Å². The van der Waals surface area contributed by atoms with Crippen LogP contribution in [0.2, 0.25) is 0 Å². The van der Waals surface area contributed by atoms with Gasteiger partial charge < -0.3 is 11.1 Å². The molecule has 0 spiro atoms. The van der Waals surface area contributed by atoms with E-state index in [0.717, 1.165) is 18.4 Å². The molecule has 2 rings (SSSR count). The minimum absolute atomic E-state index is 0.521. The van der Waals surface area contributed by atoms with Crippen molar-refractivity contribution in [3.63, 3.8) is 0 Å². The van der Waals surface area contributed by atoms with Crippen LogP contribution in [0.1, 0.15) is 32.6 Å². The summed E-state index contributed by atoms with van der Waals surface area (Å²) in [7, 11) is 0. The molecule has 0 bridgehead atoms. The van der Waals surface area contributed by atoms with Gasteiger partial charge in [0.25, 0.3) is 0 Å². The molecule has 0 aromatic heterocycles. The monoisotopic (exact) mass is 182 g/mol. The van der Waals surface area contributed by atoms with Gasteiger partial charge in [-0.25, -0.2) is 0 Å². The van der Waals surface area contributed by atoms with Gasteiger partial charge in [-0.15, -0.1) is 0 Å². The third-order valence-corrected chi connectivity index (χ3v) is 4.08. The first-order valence-corrected chi connectivity index (χ1v) is 5.68. The van der Waals surface area contributed by atoms with Crippen molar-refractivity contribution in [3.05, 3.63) is 0 Å². The number of nitrogens with two attached hydrogens (primary N) is 1. The van der Waals surface area contributed by atoms with Gasteiger partial charge in [0.1, 0.15) is 0 Å². The lowest BCUT2D eigenvalue weighted by molar-refractivity contribution is -0.00251. The maximum Gasteiger partial charge on any atom is -0.00147 e. The molecule has 1 aliphatic carbocycles. The van der Waals surface area contributed by atoms with Gasteiger partial charge in [-0.05, 0) is 62.6 Å². The Balaban J connectivity index is 1.95. The molecular weight excluding hydrogens is 160 g/mol. The highest BCUT2D eigenvalue weighted by Gasteiger charge is 2.46. The van der Waals surface area contributed by atoms with E-state index in [4.69, 9.17) is 5.73 Å². The van der Waals surface area contributed by atoms with E-state index >= 15 is 0 Å². The van der Waals surface area contributed by atoms with Crippen LogP contribution in [0, 0.1) is 17.3 Å². The number of rotatable bonds is 2. The van der Waals surface area contributed by atoms with Crippen LogP contribution in [-0.2, 0) is 0 Å². The second-order valence-electron chi connectivity index (χ2n) is 5.12. The van der Waals surface area contributed by atoms with Crippen molar-refractivity contribution in [3.8, 4) is 0 Å². The molecule has 2 aliphatic rings. The largest absolute Gasteiger partial charge is 0.330 e. The molecule has 76 valence electrons. The maximum atomic E-state index is 5.93. The number of piperidine rings is 1.